The fraction of sp³-hybridized carbons (Fsp3) is 0.385. The van der Waals surface area contributed by atoms with Crippen LogP contribution in [0.2, 0.25) is 0 Å². The van der Waals surface area contributed by atoms with Crippen LogP contribution in [0, 0.1) is 5.92 Å². The van der Waals surface area contributed by atoms with Crippen molar-refractivity contribution in [1.29, 1.82) is 0 Å². The number of rotatable bonds is 6. The van der Waals surface area contributed by atoms with E-state index in [4.69, 9.17) is 22.7 Å². The van der Waals surface area contributed by atoms with E-state index >= 15 is 0 Å². The van der Waals surface area contributed by atoms with Gasteiger partial charge in [0.1, 0.15) is 5.75 Å². The van der Waals surface area contributed by atoms with Crippen LogP contribution in [-0.2, 0) is 4.79 Å². The highest BCUT2D eigenvalue weighted by Gasteiger charge is 2.09. The molecule has 0 fully saturated rings. The van der Waals surface area contributed by atoms with Crippen LogP contribution in [0.1, 0.15) is 19.8 Å². The molecular formula is C13H18N2O2S. The Morgan fingerprint density at radius 2 is 2.00 bits per heavy atom. The van der Waals surface area contributed by atoms with Gasteiger partial charge in [-0.05, 0) is 30.2 Å². The predicted molar refractivity (Wildman–Crippen MR) is 76.8 cm³/mol. The molecule has 0 bridgehead atoms. The van der Waals surface area contributed by atoms with Gasteiger partial charge in [-0.25, -0.2) is 0 Å². The first-order valence-electron chi connectivity index (χ1n) is 5.73. The van der Waals surface area contributed by atoms with Crippen LogP contribution in [-0.4, -0.2) is 18.0 Å². The molecule has 1 rings (SSSR count). The van der Waals surface area contributed by atoms with Gasteiger partial charge in [-0.15, -0.1) is 0 Å². The van der Waals surface area contributed by atoms with Crippen molar-refractivity contribution in [2.45, 2.75) is 19.8 Å². The third-order valence-corrected chi connectivity index (χ3v) is 2.73. The molecular weight excluding hydrogens is 248 g/mol. The Morgan fingerprint density at radius 3 is 2.50 bits per heavy atom. The van der Waals surface area contributed by atoms with Gasteiger partial charge in [-0.1, -0.05) is 19.1 Å². The first-order chi connectivity index (χ1) is 8.51. The zero-order valence-corrected chi connectivity index (χ0v) is 11.4. The van der Waals surface area contributed by atoms with Gasteiger partial charge in [-0.3, -0.25) is 4.79 Å². The second kappa shape index (κ2) is 6.96. The van der Waals surface area contributed by atoms with Crippen molar-refractivity contribution in [3.63, 3.8) is 0 Å². The van der Waals surface area contributed by atoms with E-state index in [-0.39, 0.29) is 11.8 Å². The molecule has 3 N–H and O–H groups in total. The van der Waals surface area contributed by atoms with Crippen LogP contribution < -0.4 is 15.8 Å². The molecule has 0 saturated carbocycles. The van der Waals surface area contributed by atoms with Gasteiger partial charge in [-0.2, -0.15) is 0 Å². The molecule has 5 heteroatoms. The first kappa shape index (κ1) is 14.4. The molecule has 0 saturated heterocycles. The summed E-state index contributed by atoms with van der Waals surface area (Å²) in [6, 6.07) is 7.50. The van der Waals surface area contributed by atoms with E-state index in [9.17, 15) is 4.79 Å². The lowest BCUT2D eigenvalue weighted by Gasteiger charge is -2.12. The van der Waals surface area contributed by atoms with E-state index in [1.807, 2.05) is 31.2 Å². The highest BCUT2D eigenvalue weighted by Crippen LogP contribution is 2.16. The number of hydrogen-bond acceptors (Lipinski definition) is 3. The quantitative estimate of drug-likeness (QED) is 0.776. The summed E-state index contributed by atoms with van der Waals surface area (Å²) in [5.74, 6) is 0.657. The number of benzene rings is 1. The second-order valence-corrected chi connectivity index (χ2v) is 4.75. The maximum atomic E-state index is 10.8. The summed E-state index contributed by atoms with van der Waals surface area (Å²) < 4.78 is 5.07. The molecule has 98 valence electrons. The summed E-state index contributed by atoms with van der Waals surface area (Å²) in [6.07, 6.45) is 0.995. The minimum atomic E-state index is -0.297. The number of anilines is 1. The zero-order chi connectivity index (χ0) is 13.5. The van der Waals surface area contributed by atoms with E-state index in [1.54, 1.807) is 7.11 Å². The third-order valence-electron chi connectivity index (χ3n) is 2.46. The molecule has 1 aromatic rings. The van der Waals surface area contributed by atoms with Gasteiger partial charge in [0.2, 0.25) is 5.91 Å². The number of nitrogens with one attached hydrogen (secondary N) is 1. The number of hydrogen-bond donors (Lipinski definition) is 2. The van der Waals surface area contributed by atoms with Crippen LogP contribution in [0.15, 0.2) is 24.3 Å². The van der Waals surface area contributed by atoms with Crippen LogP contribution >= 0.6 is 12.2 Å². The average molecular weight is 266 g/mol. The van der Waals surface area contributed by atoms with E-state index in [0.29, 0.717) is 17.8 Å². The fourth-order valence-corrected chi connectivity index (χ4v) is 2.02. The van der Waals surface area contributed by atoms with Crippen molar-refractivity contribution in [1.82, 2.24) is 0 Å². The summed E-state index contributed by atoms with van der Waals surface area (Å²) in [5.41, 5.74) is 6.05. The lowest BCUT2D eigenvalue weighted by atomic mass is 10.0. The number of ether oxygens (including phenoxy) is 1. The molecule has 1 aromatic carbocycles. The maximum Gasteiger partial charge on any atom is 0.217 e. The third kappa shape index (κ3) is 5.14. The first-order valence-corrected chi connectivity index (χ1v) is 6.14. The SMILES string of the molecule is COc1ccc(NC(=S)C[C@H](C)CC(N)=O)cc1. The number of carbonyl (C=O) groups is 1. The average Bonchev–Trinajstić information content (AvgIpc) is 2.28. The van der Waals surface area contributed by atoms with Gasteiger partial charge in [0.15, 0.2) is 0 Å². The van der Waals surface area contributed by atoms with E-state index in [1.165, 1.54) is 0 Å². The number of primary amides is 1. The fourth-order valence-electron chi connectivity index (χ4n) is 1.62. The Balaban J connectivity index is 2.46. The normalized spacial score (nSPS) is 11.7. The largest absolute Gasteiger partial charge is 0.497 e. The Labute approximate surface area is 113 Å². The van der Waals surface area contributed by atoms with Crippen molar-refractivity contribution in [3.8, 4) is 5.75 Å². The van der Waals surface area contributed by atoms with Gasteiger partial charge in [0.05, 0.1) is 12.1 Å². The smallest absolute Gasteiger partial charge is 0.217 e. The van der Waals surface area contributed by atoms with Crippen molar-refractivity contribution < 1.29 is 9.53 Å². The van der Waals surface area contributed by atoms with Crippen molar-refractivity contribution in [2.75, 3.05) is 12.4 Å². The number of methoxy groups -OCH3 is 1. The summed E-state index contributed by atoms with van der Waals surface area (Å²) in [4.78, 5) is 11.5. The monoisotopic (exact) mass is 266 g/mol. The molecule has 0 unspecified atom stereocenters. The zero-order valence-electron chi connectivity index (χ0n) is 10.6. The Hall–Kier alpha value is -1.62. The topological polar surface area (TPSA) is 64.3 Å². The second-order valence-electron chi connectivity index (χ2n) is 4.26. The van der Waals surface area contributed by atoms with E-state index in [0.717, 1.165) is 11.4 Å². The Kier molecular flexibility index (Phi) is 5.58. The van der Waals surface area contributed by atoms with Crippen molar-refractivity contribution in [3.05, 3.63) is 24.3 Å². The number of thiocarbonyl (C=S) groups is 1. The Bertz CT molecular complexity index is 418. The lowest BCUT2D eigenvalue weighted by Crippen LogP contribution is -2.19. The minimum Gasteiger partial charge on any atom is -0.497 e. The van der Waals surface area contributed by atoms with E-state index in [2.05, 4.69) is 5.32 Å². The van der Waals surface area contributed by atoms with Crippen LogP contribution in [0.25, 0.3) is 0 Å². The van der Waals surface area contributed by atoms with Gasteiger partial charge < -0.3 is 15.8 Å². The number of nitrogens with two attached hydrogens (primary N) is 1. The molecule has 18 heavy (non-hydrogen) atoms. The predicted octanol–water partition coefficient (Wildman–Crippen LogP) is 2.34. The molecule has 0 aliphatic rings. The van der Waals surface area contributed by atoms with Crippen LogP contribution in [0.4, 0.5) is 5.69 Å². The van der Waals surface area contributed by atoms with E-state index < -0.39 is 0 Å². The molecule has 0 aliphatic carbocycles. The lowest BCUT2D eigenvalue weighted by molar-refractivity contribution is -0.118. The number of carbonyl (C=O) groups excluding carboxylic acids is 1. The van der Waals surface area contributed by atoms with Gasteiger partial charge in [0.25, 0.3) is 0 Å². The molecule has 1 amide bonds. The van der Waals surface area contributed by atoms with Gasteiger partial charge in [0, 0.05) is 18.5 Å². The summed E-state index contributed by atoms with van der Waals surface area (Å²) in [5, 5.41) is 3.12. The van der Waals surface area contributed by atoms with Crippen molar-refractivity contribution in [2.24, 2.45) is 11.7 Å². The summed E-state index contributed by atoms with van der Waals surface area (Å²) in [7, 11) is 1.62. The standard InChI is InChI=1S/C13H18N2O2S/c1-9(7-12(14)16)8-13(18)15-10-3-5-11(17-2)6-4-10/h3-6,9H,7-8H2,1-2H3,(H2,14,16)(H,15,18)/t9-/m1/s1. The maximum absolute atomic E-state index is 10.8. The summed E-state index contributed by atoms with van der Waals surface area (Å²) in [6.45, 7) is 1.95. The van der Waals surface area contributed by atoms with Gasteiger partial charge >= 0.3 is 0 Å². The molecule has 1 atom stereocenters. The molecule has 0 aromatic heterocycles. The summed E-state index contributed by atoms with van der Waals surface area (Å²) >= 11 is 5.23. The number of amides is 1. The molecule has 0 spiro atoms. The van der Waals surface area contributed by atoms with Crippen molar-refractivity contribution >= 4 is 28.8 Å². The molecule has 0 heterocycles. The molecule has 0 aliphatic heterocycles. The molecule has 4 nitrogen and oxygen atoms in total. The minimum absolute atomic E-state index is 0.153. The Morgan fingerprint density at radius 1 is 1.39 bits per heavy atom. The highest BCUT2D eigenvalue weighted by molar-refractivity contribution is 7.80. The molecule has 0 radical (unpaired) electrons. The van der Waals surface area contributed by atoms with Crippen LogP contribution in [0.5, 0.6) is 5.75 Å². The highest BCUT2D eigenvalue weighted by atomic mass is 32.1. The van der Waals surface area contributed by atoms with Crippen LogP contribution in [0.3, 0.4) is 0 Å².